The molecule has 0 aromatic rings. The molecule has 1 atom stereocenters. The smallest absolute Gasteiger partial charge is 0.261 e. The lowest BCUT2D eigenvalue weighted by Crippen LogP contribution is -2.34. The van der Waals surface area contributed by atoms with E-state index in [4.69, 9.17) is 16.3 Å². The lowest BCUT2D eigenvalue weighted by atomic mass is 9.71. The van der Waals surface area contributed by atoms with Gasteiger partial charge in [0, 0.05) is 6.08 Å². The molecule has 0 bridgehead atoms. The van der Waals surface area contributed by atoms with E-state index in [1.165, 1.54) is 6.42 Å². The van der Waals surface area contributed by atoms with Crippen LogP contribution in [0.4, 0.5) is 0 Å². The Morgan fingerprint density at radius 2 is 2.11 bits per heavy atom. The third kappa shape index (κ3) is 1.81. The summed E-state index contributed by atoms with van der Waals surface area (Å²) in [6.45, 7) is 0. The first kappa shape index (κ1) is 11.7. The van der Waals surface area contributed by atoms with Gasteiger partial charge in [0.1, 0.15) is 11.7 Å². The number of hydrogen-bond donors (Lipinski definition) is 0. The van der Waals surface area contributed by atoms with E-state index in [-0.39, 0.29) is 17.1 Å². The van der Waals surface area contributed by atoms with Crippen LogP contribution in [0, 0.1) is 11.8 Å². The Balaban J connectivity index is 2.03. The van der Waals surface area contributed by atoms with Gasteiger partial charge in [-0.2, -0.15) is 4.99 Å². The predicted molar refractivity (Wildman–Crippen MR) is 69.7 cm³/mol. The first-order valence-electron chi connectivity index (χ1n) is 6.03. The molecule has 1 aliphatic heterocycles. The maximum absolute atomic E-state index is 12.0. The molecule has 0 aromatic carbocycles. The third-order valence-corrected chi connectivity index (χ3v) is 3.88. The number of methoxy groups -OCH3 is 1. The van der Waals surface area contributed by atoms with Crippen LogP contribution >= 0.6 is 11.6 Å². The van der Waals surface area contributed by atoms with Gasteiger partial charge in [-0.15, -0.1) is 0 Å². The molecule has 3 aliphatic rings. The number of carbonyl (C=O) groups excluding carboxylic acids is 1. The Bertz CT molecular complexity index is 527. The quantitative estimate of drug-likeness (QED) is 0.720. The first-order valence-corrected chi connectivity index (χ1v) is 6.40. The summed E-state index contributed by atoms with van der Waals surface area (Å²) in [5.74, 6) is 0.618. The minimum Gasteiger partial charge on any atom is -0.497 e. The molecule has 0 saturated heterocycles. The lowest BCUT2D eigenvalue weighted by molar-refractivity contribution is -0.119. The van der Waals surface area contributed by atoms with Crippen molar-refractivity contribution >= 4 is 28.5 Å². The molecular formula is C13H13ClN2O2. The van der Waals surface area contributed by atoms with E-state index in [2.05, 4.69) is 9.98 Å². The molecule has 0 N–H and O–H groups in total. The van der Waals surface area contributed by atoms with E-state index in [9.17, 15) is 4.79 Å². The van der Waals surface area contributed by atoms with Crippen molar-refractivity contribution in [1.82, 2.24) is 0 Å². The van der Waals surface area contributed by atoms with Crippen molar-refractivity contribution in [1.29, 1.82) is 0 Å². The normalized spacial score (nSPS) is 27.4. The van der Waals surface area contributed by atoms with Crippen LogP contribution in [-0.2, 0) is 9.53 Å². The summed E-state index contributed by atoms with van der Waals surface area (Å²) < 4.78 is 5.27. The van der Waals surface area contributed by atoms with E-state index in [0.29, 0.717) is 11.6 Å². The maximum atomic E-state index is 12.0. The van der Waals surface area contributed by atoms with Gasteiger partial charge in [-0.1, -0.05) is 6.42 Å². The molecule has 1 fully saturated rings. The summed E-state index contributed by atoms with van der Waals surface area (Å²) >= 11 is 5.75. The maximum Gasteiger partial charge on any atom is 0.261 e. The molecule has 1 saturated carbocycles. The molecule has 0 radical (unpaired) electrons. The Hall–Kier alpha value is -1.42. The van der Waals surface area contributed by atoms with Gasteiger partial charge in [-0.05, 0) is 42.0 Å². The van der Waals surface area contributed by atoms with Crippen LogP contribution in [-0.4, -0.2) is 24.0 Å². The molecule has 1 amide bonds. The van der Waals surface area contributed by atoms with Crippen molar-refractivity contribution in [2.45, 2.75) is 19.3 Å². The zero-order valence-electron chi connectivity index (χ0n) is 10.0. The van der Waals surface area contributed by atoms with E-state index in [1.54, 1.807) is 13.2 Å². The average Bonchev–Trinajstić information content (AvgIpc) is 2.25. The second-order valence-corrected chi connectivity index (χ2v) is 5.05. The fraction of sp³-hybridized carbons (Fsp3) is 0.462. The van der Waals surface area contributed by atoms with Crippen molar-refractivity contribution in [3.8, 4) is 0 Å². The number of nitrogens with zero attached hydrogens (tertiary/aromatic N) is 2. The number of fused-ring (bicyclic) bond motifs is 1. The second-order valence-electron chi connectivity index (χ2n) is 4.71. The van der Waals surface area contributed by atoms with Gasteiger partial charge in [0.05, 0.1) is 12.8 Å². The van der Waals surface area contributed by atoms with E-state index in [1.807, 2.05) is 6.08 Å². The van der Waals surface area contributed by atoms with Crippen molar-refractivity contribution in [2.75, 3.05) is 7.11 Å². The molecule has 0 spiro atoms. The molecule has 0 aromatic heterocycles. The Morgan fingerprint density at radius 3 is 2.72 bits per heavy atom. The number of rotatable bonds is 2. The molecule has 5 heteroatoms. The Labute approximate surface area is 110 Å². The summed E-state index contributed by atoms with van der Waals surface area (Å²) in [6, 6.07) is 0. The number of ether oxygens (including phenoxy) is 1. The molecule has 4 nitrogen and oxygen atoms in total. The van der Waals surface area contributed by atoms with E-state index >= 15 is 0 Å². The number of halogens is 1. The highest BCUT2D eigenvalue weighted by Gasteiger charge is 2.38. The number of allylic oxidation sites excluding steroid dienone is 2. The van der Waals surface area contributed by atoms with Crippen LogP contribution in [0.25, 0.3) is 0 Å². The zero-order valence-corrected chi connectivity index (χ0v) is 10.8. The van der Waals surface area contributed by atoms with Crippen molar-refractivity contribution in [2.24, 2.45) is 21.8 Å². The molecule has 1 unspecified atom stereocenters. The minimum absolute atomic E-state index is 0.00723. The minimum atomic E-state index is -0.350. The van der Waals surface area contributed by atoms with Crippen molar-refractivity contribution < 1.29 is 9.53 Å². The van der Waals surface area contributed by atoms with Crippen LogP contribution < -0.4 is 0 Å². The van der Waals surface area contributed by atoms with Crippen molar-refractivity contribution in [3.05, 3.63) is 23.5 Å². The topological polar surface area (TPSA) is 51.0 Å². The fourth-order valence-corrected chi connectivity index (χ4v) is 2.74. The molecular weight excluding hydrogens is 252 g/mol. The standard InChI is InChI=1S/C13H13ClN2O2/c1-18-8-5-9(7-3-2-4-7)11-10(6-8)15-13(14)16-12(11)17/h5-7,11H,2-4H2,1H3. The number of aliphatic imine (C=N–C) groups is 2. The van der Waals surface area contributed by atoms with Gasteiger partial charge in [0.2, 0.25) is 5.29 Å². The van der Waals surface area contributed by atoms with Crippen LogP contribution in [0.5, 0.6) is 0 Å². The molecule has 18 heavy (non-hydrogen) atoms. The fourth-order valence-electron chi connectivity index (χ4n) is 2.56. The zero-order chi connectivity index (χ0) is 12.7. The summed E-state index contributed by atoms with van der Waals surface area (Å²) in [7, 11) is 1.61. The third-order valence-electron chi connectivity index (χ3n) is 3.71. The monoisotopic (exact) mass is 264 g/mol. The van der Waals surface area contributed by atoms with Gasteiger partial charge in [-0.25, -0.2) is 4.99 Å². The van der Waals surface area contributed by atoms with Gasteiger partial charge < -0.3 is 4.74 Å². The van der Waals surface area contributed by atoms with E-state index in [0.717, 1.165) is 24.2 Å². The summed E-state index contributed by atoms with van der Waals surface area (Å²) in [4.78, 5) is 19.9. The summed E-state index contributed by atoms with van der Waals surface area (Å²) in [5.41, 5.74) is 1.73. The summed E-state index contributed by atoms with van der Waals surface area (Å²) in [6.07, 6.45) is 7.18. The number of amidine groups is 1. The lowest BCUT2D eigenvalue weighted by Gasteiger charge is -2.34. The molecule has 2 aliphatic carbocycles. The van der Waals surface area contributed by atoms with Crippen LogP contribution in [0.2, 0.25) is 0 Å². The van der Waals surface area contributed by atoms with E-state index < -0.39 is 0 Å². The number of hydrogen-bond acceptors (Lipinski definition) is 3. The Morgan fingerprint density at radius 1 is 1.33 bits per heavy atom. The molecule has 3 rings (SSSR count). The SMILES string of the molecule is COC1=CC2=NC(Cl)=NC(=O)C2C(C2CCC2)=C1. The van der Waals surface area contributed by atoms with Crippen LogP contribution in [0.1, 0.15) is 19.3 Å². The average molecular weight is 265 g/mol. The van der Waals surface area contributed by atoms with Gasteiger partial charge >= 0.3 is 0 Å². The number of carbonyl (C=O) groups is 1. The second kappa shape index (κ2) is 4.35. The van der Waals surface area contributed by atoms with Crippen molar-refractivity contribution in [3.63, 3.8) is 0 Å². The van der Waals surface area contributed by atoms with Crippen LogP contribution in [0.15, 0.2) is 33.5 Å². The predicted octanol–water partition coefficient (Wildman–Crippen LogP) is 2.45. The molecule has 1 heterocycles. The highest BCUT2D eigenvalue weighted by molar-refractivity contribution is 6.67. The summed E-state index contributed by atoms with van der Waals surface area (Å²) in [5, 5.41) is 0.00723. The highest BCUT2D eigenvalue weighted by atomic mass is 35.5. The van der Waals surface area contributed by atoms with Gasteiger partial charge in [0.25, 0.3) is 5.91 Å². The van der Waals surface area contributed by atoms with Gasteiger partial charge in [-0.3, -0.25) is 4.79 Å². The Kier molecular flexibility index (Phi) is 2.82. The highest BCUT2D eigenvalue weighted by Crippen LogP contribution is 2.41. The largest absolute Gasteiger partial charge is 0.497 e. The number of amides is 1. The first-order chi connectivity index (χ1) is 8.69. The van der Waals surface area contributed by atoms with Crippen LogP contribution in [0.3, 0.4) is 0 Å². The molecule has 94 valence electrons. The van der Waals surface area contributed by atoms with Gasteiger partial charge in [0.15, 0.2) is 0 Å².